The summed E-state index contributed by atoms with van der Waals surface area (Å²) in [5.74, 6) is -0.337. The lowest BCUT2D eigenvalue weighted by molar-refractivity contribution is -0.111. The number of para-hydroxylation sites is 1. The minimum atomic E-state index is -0.337. The second-order valence-corrected chi connectivity index (χ2v) is 8.13. The maximum atomic E-state index is 12.9. The lowest BCUT2D eigenvalue weighted by Crippen LogP contribution is -2.22. The summed E-state index contributed by atoms with van der Waals surface area (Å²) in [6.45, 7) is 8.30. The average molecular weight is 389 g/mol. The van der Waals surface area contributed by atoms with Crippen LogP contribution in [0.25, 0.3) is 11.8 Å². The SMILES string of the molecule is Cc1c(NC(=O)C=Cc2ccc(C(C)(C)C)cc2)c(=O)n(-c2ccccc2)n1C. The Hall–Kier alpha value is -3.34. The number of carbonyl (C=O) groups is 1. The summed E-state index contributed by atoms with van der Waals surface area (Å²) in [6, 6.07) is 17.5. The van der Waals surface area contributed by atoms with Gasteiger partial charge < -0.3 is 5.32 Å². The molecular formula is C24H27N3O2. The van der Waals surface area contributed by atoms with E-state index >= 15 is 0 Å². The van der Waals surface area contributed by atoms with Crippen molar-refractivity contribution < 1.29 is 4.79 Å². The summed E-state index contributed by atoms with van der Waals surface area (Å²) in [4.78, 5) is 25.3. The second-order valence-electron chi connectivity index (χ2n) is 8.13. The molecule has 2 aromatic carbocycles. The Bertz CT molecular complexity index is 1100. The van der Waals surface area contributed by atoms with Gasteiger partial charge in [0.2, 0.25) is 5.91 Å². The minimum Gasteiger partial charge on any atom is -0.316 e. The molecule has 0 atom stereocenters. The molecule has 5 heteroatoms. The zero-order chi connectivity index (χ0) is 21.2. The van der Waals surface area contributed by atoms with Crippen LogP contribution in [0.2, 0.25) is 0 Å². The van der Waals surface area contributed by atoms with Crippen molar-refractivity contribution in [2.24, 2.45) is 7.05 Å². The van der Waals surface area contributed by atoms with E-state index in [1.165, 1.54) is 11.6 Å². The topological polar surface area (TPSA) is 56.0 Å². The Balaban J connectivity index is 1.79. The average Bonchev–Trinajstić information content (AvgIpc) is 2.90. The van der Waals surface area contributed by atoms with Crippen LogP contribution in [0.5, 0.6) is 0 Å². The molecule has 0 unspecified atom stereocenters. The van der Waals surface area contributed by atoms with Crippen molar-refractivity contribution in [3.8, 4) is 5.69 Å². The van der Waals surface area contributed by atoms with E-state index in [1.807, 2.05) is 49.4 Å². The van der Waals surface area contributed by atoms with E-state index in [1.54, 1.807) is 22.5 Å². The first kappa shape index (κ1) is 20.4. The van der Waals surface area contributed by atoms with Crippen LogP contribution in [-0.4, -0.2) is 15.3 Å². The van der Waals surface area contributed by atoms with Crippen molar-refractivity contribution in [3.63, 3.8) is 0 Å². The Morgan fingerprint density at radius 1 is 1.00 bits per heavy atom. The summed E-state index contributed by atoms with van der Waals surface area (Å²) in [7, 11) is 1.80. The molecule has 0 bridgehead atoms. The van der Waals surface area contributed by atoms with Crippen molar-refractivity contribution in [2.75, 3.05) is 5.32 Å². The molecular weight excluding hydrogens is 362 g/mol. The summed E-state index contributed by atoms with van der Waals surface area (Å²) < 4.78 is 3.28. The zero-order valence-electron chi connectivity index (χ0n) is 17.6. The van der Waals surface area contributed by atoms with Crippen LogP contribution >= 0.6 is 0 Å². The predicted octanol–water partition coefficient (Wildman–Crippen LogP) is 4.43. The van der Waals surface area contributed by atoms with Crippen molar-refractivity contribution in [2.45, 2.75) is 33.1 Å². The Labute approximate surface area is 171 Å². The highest BCUT2D eigenvalue weighted by atomic mass is 16.2. The van der Waals surface area contributed by atoms with Gasteiger partial charge in [-0.25, -0.2) is 4.68 Å². The van der Waals surface area contributed by atoms with Crippen molar-refractivity contribution in [1.82, 2.24) is 9.36 Å². The number of anilines is 1. The molecule has 0 radical (unpaired) electrons. The molecule has 0 saturated carbocycles. The molecule has 1 amide bonds. The largest absolute Gasteiger partial charge is 0.316 e. The van der Waals surface area contributed by atoms with Crippen molar-refractivity contribution in [1.29, 1.82) is 0 Å². The monoisotopic (exact) mass is 389 g/mol. The highest BCUT2D eigenvalue weighted by Gasteiger charge is 2.17. The van der Waals surface area contributed by atoms with Crippen LogP contribution in [0.1, 0.15) is 37.6 Å². The Kier molecular flexibility index (Phi) is 5.59. The smallest absolute Gasteiger partial charge is 0.295 e. The fraction of sp³-hybridized carbons (Fsp3) is 0.250. The quantitative estimate of drug-likeness (QED) is 0.671. The van der Waals surface area contributed by atoms with Crippen LogP contribution in [0.15, 0.2) is 65.5 Å². The normalized spacial score (nSPS) is 11.8. The van der Waals surface area contributed by atoms with Gasteiger partial charge in [-0.05, 0) is 41.7 Å². The molecule has 0 aliphatic heterocycles. The first-order valence-corrected chi connectivity index (χ1v) is 9.62. The number of nitrogens with zero attached hydrogens (tertiary/aromatic N) is 2. The lowest BCUT2D eigenvalue weighted by atomic mass is 9.87. The number of hydrogen-bond donors (Lipinski definition) is 1. The number of aromatic nitrogens is 2. The van der Waals surface area contributed by atoms with Crippen LogP contribution in [0.3, 0.4) is 0 Å². The summed E-state index contributed by atoms with van der Waals surface area (Å²) >= 11 is 0. The standard InChI is InChI=1S/C24H27N3O2/c1-17-22(23(29)27(26(17)5)20-9-7-6-8-10-20)25-21(28)16-13-18-11-14-19(15-12-18)24(2,3)4/h6-16H,1-5H3,(H,25,28). The minimum absolute atomic E-state index is 0.0864. The molecule has 1 aromatic heterocycles. The van der Waals surface area contributed by atoms with Gasteiger partial charge >= 0.3 is 0 Å². The molecule has 150 valence electrons. The second kappa shape index (κ2) is 7.95. The summed E-state index contributed by atoms with van der Waals surface area (Å²) in [6.07, 6.45) is 3.20. The first-order valence-electron chi connectivity index (χ1n) is 9.62. The predicted molar refractivity (Wildman–Crippen MR) is 119 cm³/mol. The van der Waals surface area contributed by atoms with Gasteiger partial charge in [0, 0.05) is 13.1 Å². The third-order valence-electron chi connectivity index (χ3n) is 5.01. The number of carbonyl (C=O) groups excluding carboxylic acids is 1. The van der Waals surface area contributed by atoms with Gasteiger partial charge in [0.1, 0.15) is 5.69 Å². The zero-order valence-corrected chi connectivity index (χ0v) is 17.6. The molecule has 0 aliphatic rings. The molecule has 3 rings (SSSR count). The first-order chi connectivity index (χ1) is 13.7. The highest BCUT2D eigenvalue weighted by molar-refractivity contribution is 6.02. The Morgan fingerprint density at radius 2 is 1.62 bits per heavy atom. The molecule has 0 saturated heterocycles. The van der Waals surface area contributed by atoms with Gasteiger partial charge in [-0.1, -0.05) is 63.2 Å². The van der Waals surface area contributed by atoms with E-state index in [2.05, 4.69) is 38.2 Å². The van der Waals surface area contributed by atoms with Gasteiger partial charge in [0.15, 0.2) is 0 Å². The fourth-order valence-electron chi connectivity index (χ4n) is 3.14. The van der Waals surface area contributed by atoms with E-state index < -0.39 is 0 Å². The van der Waals surface area contributed by atoms with Crippen LogP contribution in [0.4, 0.5) is 5.69 Å². The summed E-state index contributed by atoms with van der Waals surface area (Å²) in [5, 5.41) is 2.74. The maximum Gasteiger partial charge on any atom is 0.295 e. The molecule has 0 aliphatic carbocycles. The lowest BCUT2D eigenvalue weighted by Gasteiger charge is -2.18. The van der Waals surface area contributed by atoms with E-state index in [-0.39, 0.29) is 22.6 Å². The highest BCUT2D eigenvalue weighted by Crippen LogP contribution is 2.22. The molecule has 5 nitrogen and oxygen atoms in total. The van der Waals surface area contributed by atoms with Gasteiger partial charge in [0.25, 0.3) is 5.56 Å². The molecule has 0 fully saturated rings. The molecule has 0 spiro atoms. The van der Waals surface area contributed by atoms with E-state index in [0.717, 1.165) is 11.3 Å². The van der Waals surface area contributed by atoms with Gasteiger partial charge in [-0.3, -0.25) is 14.3 Å². The number of rotatable bonds is 4. The van der Waals surface area contributed by atoms with Crippen LogP contribution in [0, 0.1) is 6.92 Å². The molecule has 29 heavy (non-hydrogen) atoms. The number of hydrogen-bond acceptors (Lipinski definition) is 2. The number of benzene rings is 2. The van der Waals surface area contributed by atoms with Gasteiger partial charge in [-0.15, -0.1) is 0 Å². The fourth-order valence-corrected chi connectivity index (χ4v) is 3.14. The van der Waals surface area contributed by atoms with Crippen molar-refractivity contribution in [3.05, 3.63) is 87.8 Å². The maximum absolute atomic E-state index is 12.9. The van der Waals surface area contributed by atoms with Crippen LogP contribution < -0.4 is 10.9 Å². The van der Waals surface area contributed by atoms with E-state index in [9.17, 15) is 9.59 Å². The third kappa shape index (κ3) is 4.40. The number of nitrogens with one attached hydrogen (secondary N) is 1. The number of amides is 1. The van der Waals surface area contributed by atoms with E-state index in [4.69, 9.17) is 0 Å². The van der Waals surface area contributed by atoms with Crippen LogP contribution in [-0.2, 0) is 17.3 Å². The van der Waals surface area contributed by atoms with Gasteiger partial charge in [-0.2, -0.15) is 0 Å². The molecule has 1 heterocycles. The van der Waals surface area contributed by atoms with Crippen molar-refractivity contribution >= 4 is 17.7 Å². The summed E-state index contributed by atoms with van der Waals surface area (Å²) in [5.41, 5.74) is 3.72. The third-order valence-corrected chi connectivity index (χ3v) is 5.01. The molecule has 1 N–H and O–H groups in total. The Morgan fingerprint density at radius 3 is 2.21 bits per heavy atom. The molecule has 3 aromatic rings. The van der Waals surface area contributed by atoms with E-state index in [0.29, 0.717) is 5.69 Å². The van der Waals surface area contributed by atoms with Gasteiger partial charge in [0.05, 0.1) is 11.4 Å².